The molecule has 1 aromatic rings. The molecule has 29 heavy (non-hydrogen) atoms. The summed E-state index contributed by atoms with van der Waals surface area (Å²) in [5.41, 5.74) is 0.735. The Labute approximate surface area is 178 Å². The van der Waals surface area contributed by atoms with Crippen LogP contribution in [0.5, 0.6) is 0 Å². The Hall–Kier alpha value is -2.73. The van der Waals surface area contributed by atoms with Gasteiger partial charge in [0.05, 0.1) is 0 Å². The van der Waals surface area contributed by atoms with Gasteiger partial charge in [0.15, 0.2) is 0 Å². The molecule has 0 amide bonds. The van der Waals surface area contributed by atoms with Gasteiger partial charge < -0.3 is 9.63 Å². The molecule has 0 radical (unpaired) electrons. The first-order valence-electron chi connectivity index (χ1n) is 9.31. The molecule has 6 heteroatoms. The average Bonchev–Trinajstić information content (AvgIpc) is 2.76. The van der Waals surface area contributed by atoms with Gasteiger partial charge >= 0.3 is 5.97 Å². The van der Waals surface area contributed by atoms with Crippen molar-refractivity contribution in [2.75, 3.05) is 0 Å². The molecule has 1 rings (SSSR count). The van der Waals surface area contributed by atoms with Crippen LogP contribution in [-0.2, 0) is 14.4 Å². The summed E-state index contributed by atoms with van der Waals surface area (Å²) in [5, 5.41) is 3.63. The van der Waals surface area contributed by atoms with E-state index >= 15 is 0 Å². The van der Waals surface area contributed by atoms with Gasteiger partial charge in [-0.1, -0.05) is 62.0 Å². The van der Waals surface area contributed by atoms with Crippen LogP contribution in [0.2, 0.25) is 0 Å². The second-order valence-electron chi connectivity index (χ2n) is 5.05. The third-order valence-electron chi connectivity index (χ3n) is 3.10. The number of Topliss-reactive ketones (excluding diaryl/α,β-unsaturated/α-hetero) is 1. The molecule has 0 aliphatic heterocycles. The van der Waals surface area contributed by atoms with Gasteiger partial charge in [0.2, 0.25) is 5.78 Å². The van der Waals surface area contributed by atoms with Gasteiger partial charge in [0.25, 0.3) is 0 Å². The van der Waals surface area contributed by atoms with Gasteiger partial charge in [-0.2, -0.15) is 0 Å². The summed E-state index contributed by atoms with van der Waals surface area (Å²) in [7, 11) is 0. The van der Waals surface area contributed by atoms with E-state index in [1.54, 1.807) is 30.8 Å². The maximum Gasteiger partial charge on any atom is 0.331 e. The van der Waals surface area contributed by atoms with Crippen LogP contribution in [0.3, 0.4) is 0 Å². The summed E-state index contributed by atoms with van der Waals surface area (Å²) in [4.78, 5) is 38.0. The third kappa shape index (κ3) is 12.4. The van der Waals surface area contributed by atoms with E-state index in [1.807, 2.05) is 64.0 Å². The average molecular weight is 418 g/mol. The standard InChI is InChI=1S/C20H23NO3S.C2H6.CH2O/c1-5-8-9-10-17(6-2)25-18-13-11-16(12-14-18)20(23)19(7-3)21-24-15(4)22;2*1-2/h5-6,9-14H,1,7-8H2,2-4H3;1-2H3;1H2/b10-9-,17-6+,21-19+;;. The van der Waals surface area contributed by atoms with Gasteiger partial charge in [-0.15, -0.1) is 6.58 Å². The Balaban J connectivity index is 0. The molecule has 0 fully saturated rings. The van der Waals surface area contributed by atoms with Gasteiger partial charge in [0, 0.05) is 22.3 Å². The summed E-state index contributed by atoms with van der Waals surface area (Å²) in [6, 6.07) is 7.29. The highest BCUT2D eigenvalue weighted by atomic mass is 32.2. The monoisotopic (exact) mass is 417 g/mol. The zero-order valence-corrected chi connectivity index (χ0v) is 18.8. The maximum atomic E-state index is 12.4. The number of ketones is 1. The van der Waals surface area contributed by atoms with E-state index in [9.17, 15) is 9.59 Å². The Kier molecular flexibility index (Phi) is 18.3. The highest BCUT2D eigenvalue weighted by Gasteiger charge is 2.14. The van der Waals surface area contributed by atoms with Crippen molar-refractivity contribution in [3.63, 3.8) is 0 Å². The fourth-order valence-corrected chi connectivity index (χ4v) is 2.66. The number of nitrogens with zero attached hydrogens (tertiary/aromatic N) is 1. The van der Waals surface area contributed by atoms with Crippen LogP contribution in [0, 0.1) is 0 Å². The normalized spacial score (nSPS) is 10.9. The Morgan fingerprint density at radius 2 is 1.76 bits per heavy atom. The van der Waals surface area contributed by atoms with E-state index in [4.69, 9.17) is 4.79 Å². The van der Waals surface area contributed by atoms with Crippen LogP contribution in [0.15, 0.2) is 70.1 Å². The van der Waals surface area contributed by atoms with Crippen molar-refractivity contribution in [3.05, 3.63) is 65.6 Å². The molecule has 0 atom stereocenters. The second-order valence-corrected chi connectivity index (χ2v) is 6.19. The van der Waals surface area contributed by atoms with Crippen molar-refractivity contribution in [2.24, 2.45) is 5.16 Å². The van der Waals surface area contributed by atoms with Crippen molar-refractivity contribution in [1.29, 1.82) is 0 Å². The molecule has 0 spiro atoms. The van der Waals surface area contributed by atoms with Crippen molar-refractivity contribution in [2.45, 2.75) is 52.4 Å². The van der Waals surface area contributed by atoms with Crippen LogP contribution in [0.25, 0.3) is 0 Å². The molecule has 0 bridgehead atoms. The lowest BCUT2D eigenvalue weighted by molar-refractivity contribution is -0.140. The largest absolute Gasteiger partial charge is 0.331 e. The molecule has 158 valence electrons. The van der Waals surface area contributed by atoms with Gasteiger partial charge in [-0.25, -0.2) is 4.79 Å². The fourth-order valence-electron chi connectivity index (χ4n) is 1.83. The lowest BCUT2D eigenvalue weighted by atomic mass is 10.1. The highest BCUT2D eigenvalue weighted by Crippen LogP contribution is 2.28. The Morgan fingerprint density at radius 3 is 2.21 bits per heavy atom. The first kappa shape index (κ1) is 28.5. The molecule has 0 heterocycles. The van der Waals surface area contributed by atoms with Crippen molar-refractivity contribution in [3.8, 4) is 0 Å². The fraction of sp³-hybridized carbons (Fsp3) is 0.304. The van der Waals surface area contributed by atoms with Crippen LogP contribution in [-0.4, -0.2) is 24.3 Å². The number of oxime groups is 1. The number of thioether (sulfide) groups is 1. The minimum atomic E-state index is -0.547. The second kappa shape index (κ2) is 18.6. The van der Waals surface area contributed by atoms with Crippen molar-refractivity contribution < 1.29 is 19.2 Å². The van der Waals surface area contributed by atoms with E-state index in [1.165, 1.54) is 6.92 Å². The summed E-state index contributed by atoms with van der Waals surface area (Å²) < 4.78 is 0. The molecular formula is C23H31NO4S. The predicted molar refractivity (Wildman–Crippen MR) is 122 cm³/mol. The molecule has 0 N–H and O–H groups in total. The van der Waals surface area contributed by atoms with Crippen LogP contribution < -0.4 is 0 Å². The highest BCUT2D eigenvalue weighted by molar-refractivity contribution is 8.03. The van der Waals surface area contributed by atoms with Gasteiger partial charge in [0.1, 0.15) is 12.5 Å². The minimum Gasteiger partial charge on any atom is -0.318 e. The lowest BCUT2D eigenvalue weighted by Crippen LogP contribution is -2.14. The smallest absolute Gasteiger partial charge is 0.318 e. The van der Waals surface area contributed by atoms with E-state index in [0.29, 0.717) is 12.0 Å². The molecule has 1 aromatic carbocycles. The van der Waals surface area contributed by atoms with Gasteiger partial charge in [-0.05, 0) is 44.0 Å². The van der Waals surface area contributed by atoms with Crippen molar-refractivity contribution >= 4 is 36.0 Å². The molecule has 0 aliphatic carbocycles. The number of carbonyl (C=O) groups is 3. The molecular weight excluding hydrogens is 386 g/mol. The number of rotatable bonds is 9. The van der Waals surface area contributed by atoms with Gasteiger partial charge in [-0.3, -0.25) is 4.79 Å². The summed E-state index contributed by atoms with van der Waals surface area (Å²) >= 11 is 1.62. The third-order valence-corrected chi connectivity index (χ3v) is 4.22. The van der Waals surface area contributed by atoms with E-state index in [0.717, 1.165) is 16.2 Å². The number of hydrogen-bond donors (Lipinski definition) is 0. The molecule has 5 nitrogen and oxygen atoms in total. The topological polar surface area (TPSA) is 72.8 Å². The summed E-state index contributed by atoms with van der Waals surface area (Å²) in [5.74, 6) is -0.786. The number of hydrogen-bond acceptors (Lipinski definition) is 6. The van der Waals surface area contributed by atoms with Crippen LogP contribution in [0.1, 0.15) is 57.8 Å². The molecule has 0 saturated heterocycles. The summed E-state index contributed by atoms with van der Waals surface area (Å²) in [6.45, 7) is 14.7. The first-order valence-corrected chi connectivity index (χ1v) is 10.1. The minimum absolute atomic E-state index is 0.220. The molecule has 0 aromatic heterocycles. The summed E-state index contributed by atoms with van der Waals surface area (Å²) in [6.07, 6.45) is 9.19. The van der Waals surface area contributed by atoms with E-state index in [2.05, 4.69) is 16.6 Å². The van der Waals surface area contributed by atoms with E-state index < -0.39 is 5.97 Å². The SMILES string of the molecule is C=CC/C=C\C(=C/C)Sc1ccc(C(=O)/C(CC)=N/OC(C)=O)cc1.C=O.CC. The lowest BCUT2D eigenvalue weighted by Gasteiger charge is -2.05. The van der Waals surface area contributed by atoms with E-state index in [-0.39, 0.29) is 11.5 Å². The molecule has 0 saturated carbocycles. The van der Waals surface area contributed by atoms with Crippen molar-refractivity contribution in [1.82, 2.24) is 0 Å². The zero-order valence-electron chi connectivity index (χ0n) is 17.9. The number of allylic oxidation sites excluding steroid dienone is 4. The Bertz CT molecular complexity index is 719. The molecule has 0 aliphatic rings. The maximum absolute atomic E-state index is 12.4. The van der Waals surface area contributed by atoms with Crippen LogP contribution >= 0.6 is 11.8 Å². The number of benzene rings is 1. The van der Waals surface area contributed by atoms with Crippen LogP contribution in [0.4, 0.5) is 0 Å². The first-order chi connectivity index (χ1) is 14.0. The number of carbonyl (C=O) groups excluding carboxylic acids is 3. The zero-order chi connectivity index (χ0) is 22.7. The quantitative estimate of drug-likeness (QED) is 0.0914. The molecule has 0 unspecified atom stereocenters. The predicted octanol–water partition coefficient (Wildman–Crippen LogP) is 6.17. The Morgan fingerprint density at radius 1 is 1.17 bits per heavy atom.